The fourth-order valence-corrected chi connectivity index (χ4v) is 3.54. The summed E-state index contributed by atoms with van der Waals surface area (Å²) in [5.41, 5.74) is 3.52. The highest BCUT2D eigenvalue weighted by molar-refractivity contribution is 7.90. The SMILES string of the molecule is CCc1cccc([C@H](N[S+]([O-])C(C)(C)C)[C@H](C)OCc2ccccc2)c1. The number of hydrogen-bond acceptors (Lipinski definition) is 3. The first-order valence-corrected chi connectivity index (χ1v) is 10.4. The van der Waals surface area contributed by atoms with Gasteiger partial charge in [0.2, 0.25) is 0 Å². The summed E-state index contributed by atoms with van der Waals surface area (Å²) in [6.07, 6.45) is 0.857. The minimum absolute atomic E-state index is 0.117. The molecule has 0 radical (unpaired) electrons. The van der Waals surface area contributed by atoms with E-state index in [2.05, 4.69) is 48.0 Å². The summed E-state index contributed by atoms with van der Waals surface area (Å²) < 4.78 is 21.8. The summed E-state index contributed by atoms with van der Waals surface area (Å²) in [6.45, 7) is 10.7. The molecular formula is C22H31NO2S. The van der Waals surface area contributed by atoms with E-state index in [1.54, 1.807) is 0 Å². The summed E-state index contributed by atoms with van der Waals surface area (Å²) in [7, 11) is 0. The Labute approximate surface area is 161 Å². The molecule has 2 rings (SSSR count). The van der Waals surface area contributed by atoms with E-state index in [0.717, 1.165) is 17.5 Å². The van der Waals surface area contributed by atoms with Gasteiger partial charge < -0.3 is 9.29 Å². The summed E-state index contributed by atoms with van der Waals surface area (Å²) in [4.78, 5) is 0. The first kappa shape index (κ1) is 21.0. The topological polar surface area (TPSA) is 44.3 Å². The van der Waals surface area contributed by atoms with Crippen molar-refractivity contribution in [1.29, 1.82) is 0 Å². The highest BCUT2D eigenvalue weighted by Gasteiger charge is 2.32. The average molecular weight is 374 g/mol. The number of aryl methyl sites for hydroxylation is 1. The van der Waals surface area contributed by atoms with Crippen molar-refractivity contribution in [3.05, 3.63) is 71.3 Å². The van der Waals surface area contributed by atoms with Gasteiger partial charge in [-0.25, -0.2) is 0 Å². The van der Waals surface area contributed by atoms with Gasteiger partial charge in [-0.3, -0.25) is 0 Å². The fourth-order valence-electron chi connectivity index (χ4n) is 2.63. The van der Waals surface area contributed by atoms with E-state index in [1.165, 1.54) is 5.56 Å². The molecule has 142 valence electrons. The van der Waals surface area contributed by atoms with Crippen molar-refractivity contribution in [2.75, 3.05) is 0 Å². The molecule has 0 amide bonds. The zero-order chi connectivity index (χ0) is 19.2. The molecule has 0 aliphatic heterocycles. The van der Waals surface area contributed by atoms with Crippen LogP contribution in [0.2, 0.25) is 0 Å². The van der Waals surface area contributed by atoms with Crippen LogP contribution in [0.4, 0.5) is 0 Å². The van der Waals surface area contributed by atoms with Gasteiger partial charge in [0.25, 0.3) is 0 Å². The number of rotatable bonds is 8. The zero-order valence-corrected chi connectivity index (χ0v) is 17.3. The zero-order valence-electron chi connectivity index (χ0n) is 16.5. The van der Waals surface area contributed by atoms with E-state index in [9.17, 15) is 4.55 Å². The third-order valence-electron chi connectivity index (χ3n) is 4.33. The van der Waals surface area contributed by atoms with Crippen LogP contribution in [0.1, 0.15) is 57.4 Å². The molecule has 1 N–H and O–H groups in total. The molecule has 0 fully saturated rings. The lowest BCUT2D eigenvalue weighted by Crippen LogP contribution is -2.44. The lowest BCUT2D eigenvalue weighted by atomic mass is 10.00. The van der Waals surface area contributed by atoms with E-state index in [-0.39, 0.29) is 16.9 Å². The van der Waals surface area contributed by atoms with Crippen molar-refractivity contribution >= 4 is 11.4 Å². The molecule has 3 atom stereocenters. The molecule has 0 aliphatic carbocycles. The van der Waals surface area contributed by atoms with Gasteiger partial charge in [0.15, 0.2) is 0 Å². The normalized spacial score (nSPS) is 15.5. The molecule has 0 heterocycles. The van der Waals surface area contributed by atoms with Crippen LogP contribution in [0.15, 0.2) is 54.6 Å². The number of benzene rings is 2. The van der Waals surface area contributed by atoms with Gasteiger partial charge in [-0.15, -0.1) is 4.72 Å². The third kappa shape index (κ3) is 6.13. The van der Waals surface area contributed by atoms with Gasteiger partial charge in [-0.05, 0) is 50.8 Å². The summed E-state index contributed by atoms with van der Waals surface area (Å²) in [6, 6.07) is 18.4. The minimum atomic E-state index is -1.18. The Balaban J connectivity index is 2.18. The fraction of sp³-hybridized carbons (Fsp3) is 0.455. The average Bonchev–Trinajstić information content (AvgIpc) is 2.64. The van der Waals surface area contributed by atoms with Crippen molar-refractivity contribution < 1.29 is 9.29 Å². The Morgan fingerprint density at radius 3 is 2.31 bits per heavy atom. The van der Waals surface area contributed by atoms with Crippen molar-refractivity contribution in [3.63, 3.8) is 0 Å². The Hall–Kier alpha value is -1.33. The Morgan fingerprint density at radius 1 is 1.04 bits per heavy atom. The van der Waals surface area contributed by atoms with Gasteiger partial charge in [-0.1, -0.05) is 61.5 Å². The lowest BCUT2D eigenvalue weighted by Gasteiger charge is -2.31. The van der Waals surface area contributed by atoms with E-state index in [1.807, 2.05) is 45.9 Å². The van der Waals surface area contributed by atoms with Crippen molar-refractivity contribution in [2.24, 2.45) is 0 Å². The van der Waals surface area contributed by atoms with Crippen LogP contribution >= 0.6 is 0 Å². The third-order valence-corrected chi connectivity index (χ3v) is 5.91. The Morgan fingerprint density at radius 2 is 1.69 bits per heavy atom. The van der Waals surface area contributed by atoms with Crippen molar-refractivity contribution in [3.8, 4) is 0 Å². The molecule has 4 heteroatoms. The van der Waals surface area contributed by atoms with Crippen LogP contribution in [0.3, 0.4) is 0 Å². The van der Waals surface area contributed by atoms with E-state index in [4.69, 9.17) is 4.74 Å². The van der Waals surface area contributed by atoms with Crippen LogP contribution in [0, 0.1) is 0 Å². The molecular weight excluding hydrogens is 342 g/mol. The maximum atomic E-state index is 12.7. The molecule has 3 nitrogen and oxygen atoms in total. The quantitative estimate of drug-likeness (QED) is 0.666. The van der Waals surface area contributed by atoms with Gasteiger partial charge in [0.1, 0.15) is 10.8 Å². The molecule has 2 aromatic carbocycles. The van der Waals surface area contributed by atoms with Crippen molar-refractivity contribution in [2.45, 2.75) is 64.5 Å². The van der Waals surface area contributed by atoms with Crippen LogP contribution in [-0.2, 0) is 29.1 Å². The van der Waals surface area contributed by atoms with Crippen molar-refractivity contribution in [1.82, 2.24) is 4.72 Å². The molecule has 0 saturated carbocycles. The van der Waals surface area contributed by atoms with Crippen LogP contribution < -0.4 is 4.72 Å². The standard InChI is InChI=1S/C22H31NO2S/c1-6-18-13-10-14-20(15-18)21(23-26(24)22(3,4)5)17(2)25-16-19-11-8-7-9-12-19/h7-15,17,21,23H,6,16H2,1-5H3/t17-,21+,26?/m0/s1. The molecule has 0 aromatic heterocycles. The second-order valence-corrected chi connectivity index (χ2v) is 9.57. The minimum Gasteiger partial charge on any atom is -0.598 e. The Bertz CT molecular complexity index is 669. The van der Waals surface area contributed by atoms with Crippen LogP contribution in [-0.4, -0.2) is 15.4 Å². The Kier molecular flexibility index (Phi) is 7.71. The maximum absolute atomic E-state index is 12.7. The largest absolute Gasteiger partial charge is 0.598 e. The summed E-state index contributed by atoms with van der Waals surface area (Å²) >= 11 is -1.18. The first-order chi connectivity index (χ1) is 12.3. The van der Waals surface area contributed by atoms with Gasteiger partial charge in [0.05, 0.1) is 12.7 Å². The number of nitrogens with one attached hydrogen (secondary N) is 1. The lowest BCUT2D eigenvalue weighted by molar-refractivity contribution is 0.0317. The molecule has 0 spiro atoms. The van der Waals surface area contributed by atoms with Crippen LogP contribution in [0.5, 0.6) is 0 Å². The maximum Gasteiger partial charge on any atom is 0.136 e. The highest BCUT2D eigenvalue weighted by atomic mass is 32.2. The molecule has 1 unspecified atom stereocenters. The van der Waals surface area contributed by atoms with Gasteiger partial charge in [0, 0.05) is 11.4 Å². The predicted octanol–water partition coefficient (Wildman–Crippen LogP) is 4.95. The van der Waals surface area contributed by atoms with Gasteiger partial charge in [-0.2, -0.15) is 0 Å². The van der Waals surface area contributed by atoms with Crippen LogP contribution in [0.25, 0.3) is 0 Å². The van der Waals surface area contributed by atoms with E-state index in [0.29, 0.717) is 6.61 Å². The molecule has 26 heavy (non-hydrogen) atoms. The molecule has 0 saturated heterocycles. The second kappa shape index (κ2) is 9.56. The van der Waals surface area contributed by atoms with E-state index < -0.39 is 11.4 Å². The highest BCUT2D eigenvalue weighted by Crippen LogP contribution is 2.25. The summed E-state index contributed by atoms with van der Waals surface area (Å²) in [5, 5.41) is 0. The predicted molar refractivity (Wildman–Crippen MR) is 110 cm³/mol. The van der Waals surface area contributed by atoms with Gasteiger partial charge >= 0.3 is 0 Å². The number of ether oxygens (including phenoxy) is 1. The molecule has 0 aliphatic rings. The summed E-state index contributed by atoms with van der Waals surface area (Å²) in [5.74, 6) is 0. The second-order valence-electron chi connectivity index (χ2n) is 7.58. The number of hydrogen-bond donors (Lipinski definition) is 1. The monoisotopic (exact) mass is 373 g/mol. The molecule has 0 bridgehead atoms. The van der Waals surface area contributed by atoms with E-state index >= 15 is 0 Å². The smallest absolute Gasteiger partial charge is 0.136 e. The first-order valence-electron chi connectivity index (χ1n) is 9.23. The molecule has 2 aromatic rings.